The van der Waals surface area contributed by atoms with Crippen molar-refractivity contribution >= 4 is 17.7 Å². The van der Waals surface area contributed by atoms with Crippen LogP contribution in [0.25, 0.3) is 16.8 Å². The van der Waals surface area contributed by atoms with Crippen LogP contribution in [0.4, 0.5) is 23.9 Å². The second kappa shape index (κ2) is 8.42. The summed E-state index contributed by atoms with van der Waals surface area (Å²) >= 11 is 0. The van der Waals surface area contributed by atoms with Crippen molar-refractivity contribution in [3.8, 4) is 11.1 Å². The molecule has 1 aromatic carbocycles. The van der Waals surface area contributed by atoms with Crippen molar-refractivity contribution in [2.24, 2.45) is 11.8 Å². The van der Waals surface area contributed by atoms with Gasteiger partial charge in [0.2, 0.25) is 5.95 Å². The molecule has 2 fully saturated rings. The molecule has 3 aromatic rings. The highest BCUT2D eigenvalue weighted by Crippen LogP contribution is 2.39. The van der Waals surface area contributed by atoms with Crippen LogP contribution in [0.2, 0.25) is 0 Å². The number of benzene rings is 1. The molecule has 0 spiro atoms. The summed E-state index contributed by atoms with van der Waals surface area (Å²) in [5, 5.41) is 7.54. The number of aromatic nitrogens is 3. The smallest absolute Gasteiger partial charge is 0.433 e. The molecule has 1 unspecified atom stereocenters. The average molecular weight is 488 g/mol. The number of carbonyl (C=O) groups excluding carboxylic acids is 1. The molecule has 2 aliphatic rings. The number of piperidine rings is 1. The molecule has 2 bridgehead atoms. The first kappa shape index (κ1) is 23.4. The lowest BCUT2D eigenvalue weighted by Crippen LogP contribution is -2.51. The van der Waals surface area contributed by atoms with Gasteiger partial charge in [-0.3, -0.25) is 0 Å². The van der Waals surface area contributed by atoms with E-state index in [1.54, 1.807) is 4.90 Å². The number of halogens is 3. The van der Waals surface area contributed by atoms with Crippen molar-refractivity contribution in [2.75, 3.05) is 18.4 Å². The first-order valence-corrected chi connectivity index (χ1v) is 11.8. The van der Waals surface area contributed by atoms with Crippen LogP contribution in [0.1, 0.15) is 39.3 Å². The summed E-state index contributed by atoms with van der Waals surface area (Å²) < 4.78 is 47.6. The number of nitrogens with zero attached hydrogens (tertiary/aromatic N) is 4. The molecule has 5 rings (SSSR count). The van der Waals surface area contributed by atoms with E-state index in [4.69, 9.17) is 4.74 Å². The Kier molecular flexibility index (Phi) is 5.64. The number of anilines is 1. The highest BCUT2D eigenvalue weighted by molar-refractivity contribution is 5.78. The van der Waals surface area contributed by atoms with E-state index < -0.39 is 17.5 Å². The summed E-state index contributed by atoms with van der Waals surface area (Å²) in [6, 6.07) is 11.6. The Morgan fingerprint density at radius 2 is 1.69 bits per heavy atom. The van der Waals surface area contributed by atoms with Gasteiger partial charge in [0.1, 0.15) is 11.3 Å². The molecule has 1 aliphatic heterocycles. The second-order valence-corrected chi connectivity index (χ2v) is 10.3. The predicted octanol–water partition coefficient (Wildman–Crippen LogP) is 5.47. The average Bonchev–Trinajstić information content (AvgIpc) is 3.28. The predicted molar refractivity (Wildman–Crippen MR) is 125 cm³/mol. The summed E-state index contributed by atoms with van der Waals surface area (Å²) in [6.45, 7) is 6.56. The monoisotopic (exact) mass is 487 g/mol. The number of hydrogen-bond acceptors (Lipinski definition) is 5. The van der Waals surface area contributed by atoms with E-state index in [1.807, 2.05) is 51.1 Å². The summed E-state index contributed by atoms with van der Waals surface area (Å²) in [6.07, 6.45) is -3.08. The van der Waals surface area contributed by atoms with Gasteiger partial charge in [0, 0.05) is 24.7 Å². The Bertz CT molecular complexity index is 1220. The fourth-order valence-electron chi connectivity index (χ4n) is 5.16. The van der Waals surface area contributed by atoms with Crippen molar-refractivity contribution in [3.63, 3.8) is 0 Å². The number of carbonyl (C=O) groups is 1. The van der Waals surface area contributed by atoms with Crippen LogP contribution in [0.3, 0.4) is 0 Å². The van der Waals surface area contributed by atoms with Gasteiger partial charge in [0.15, 0.2) is 5.65 Å². The highest BCUT2D eigenvalue weighted by atomic mass is 19.4. The Balaban J connectivity index is 1.43. The van der Waals surface area contributed by atoms with Crippen LogP contribution in [-0.4, -0.2) is 50.3 Å². The molecule has 1 saturated carbocycles. The topological polar surface area (TPSA) is 71.8 Å². The van der Waals surface area contributed by atoms with Crippen LogP contribution in [0, 0.1) is 11.8 Å². The third-order valence-corrected chi connectivity index (χ3v) is 6.64. The molecule has 1 amide bonds. The van der Waals surface area contributed by atoms with Crippen LogP contribution < -0.4 is 5.32 Å². The van der Waals surface area contributed by atoms with Crippen molar-refractivity contribution in [1.29, 1.82) is 0 Å². The number of nitrogens with one attached hydrogen (secondary N) is 1. The van der Waals surface area contributed by atoms with Crippen LogP contribution >= 0.6 is 0 Å². The normalized spacial score (nSPS) is 22.5. The highest BCUT2D eigenvalue weighted by Gasteiger charge is 2.45. The maximum Gasteiger partial charge on any atom is 0.433 e. The Hall–Kier alpha value is -3.30. The molecule has 3 heterocycles. The number of fused-ring (bicyclic) bond motifs is 3. The SMILES string of the molecule is CC(C)(C)OC(=O)N1C[C@H]2CC[C@@H](C1)C2Nc1nc2c(-c3ccccc3)ccc(C(F)(F)F)n2n1. The van der Waals surface area contributed by atoms with Gasteiger partial charge in [-0.25, -0.2) is 9.31 Å². The fraction of sp³-hybridized carbons (Fsp3) is 0.480. The van der Waals surface area contributed by atoms with E-state index in [0.29, 0.717) is 18.7 Å². The lowest BCUT2D eigenvalue weighted by Gasteiger charge is -2.38. The molecule has 1 saturated heterocycles. The van der Waals surface area contributed by atoms with E-state index >= 15 is 0 Å². The Morgan fingerprint density at radius 1 is 1.03 bits per heavy atom. The van der Waals surface area contributed by atoms with Gasteiger partial charge in [0.05, 0.1) is 0 Å². The van der Waals surface area contributed by atoms with Gasteiger partial charge in [-0.1, -0.05) is 30.3 Å². The number of alkyl halides is 3. The van der Waals surface area contributed by atoms with Gasteiger partial charge in [-0.15, -0.1) is 5.10 Å². The number of likely N-dealkylation sites (tertiary alicyclic amines) is 1. The number of amides is 1. The molecule has 10 heteroatoms. The number of pyridine rings is 1. The minimum atomic E-state index is -4.57. The quantitative estimate of drug-likeness (QED) is 0.530. The lowest BCUT2D eigenvalue weighted by molar-refractivity contribution is -0.142. The van der Waals surface area contributed by atoms with E-state index in [2.05, 4.69) is 15.4 Å². The maximum absolute atomic E-state index is 13.7. The van der Waals surface area contributed by atoms with E-state index in [1.165, 1.54) is 6.07 Å². The summed E-state index contributed by atoms with van der Waals surface area (Å²) in [5.74, 6) is 0.443. The molecule has 0 radical (unpaired) electrons. The van der Waals surface area contributed by atoms with E-state index in [9.17, 15) is 18.0 Å². The molecule has 1 aliphatic carbocycles. The van der Waals surface area contributed by atoms with Crippen molar-refractivity contribution in [2.45, 2.75) is 51.4 Å². The van der Waals surface area contributed by atoms with Gasteiger partial charge in [0.25, 0.3) is 0 Å². The molecule has 3 atom stereocenters. The summed E-state index contributed by atoms with van der Waals surface area (Å²) in [5.41, 5.74) is 0.0264. The first-order valence-electron chi connectivity index (χ1n) is 11.8. The molecular formula is C25H28F3N5O2. The van der Waals surface area contributed by atoms with Crippen molar-refractivity contribution in [3.05, 3.63) is 48.2 Å². The van der Waals surface area contributed by atoms with Gasteiger partial charge < -0.3 is 15.0 Å². The van der Waals surface area contributed by atoms with Crippen LogP contribution in [0.5, 0.6) is 0 Å². The van der Waals surface area contributed by atoms with Crippen LogP contribution in [0.15, 0.2) is 42.5 Å². The van der Waals surface area contributed by atoms with Crippen LogP contribution in [-0.2, 0) is 10.9 Å². The van der Waals surface area contributed by atoms with E-state index in [0.717, 1.165) is 29.0 Å². The summed E-state index contributed by atoms with van der Waals surface area (Å²) in [4.78, 5) is 18.8. The molecule has 2 aromatic heterocycles. The maximum atomic E-state index is 13.7. The molecule has 35 heavy (non-hydrogen) atoms. The third kappa shape index (κ3) is 4.66. The van der Waals surface area contributed by atoms with Crippen molar-refractivity contribution < 1.29 is 22.7 Å². The number of rotatable bonds is 3. The minimum Gasteiger partial charge on any atom is -0.444 e. The van der Waals surface area contributed by atoms with Gasteiger partial charge in [-0.05, 0) is 63.1 Å². The van der Waals surface area contributed by atoms with Gasteiger partial charge in [-0.2, -0.15) is 18.2 Å². The summed E-state index contributed by atoms with van der Waals surface area (Å²) in [7, 11) is 0. The third-order valence-electron chi connectivity index (χ3n) is 6.64. The molecule has 1 N–H and O–H groups in total. The first-order chi connectivity index (χ1) is 16.5. The Labute approximate surface area is 201 Å². The second-order valence-electron chi connectivity index (χ2n) is 10.3. The molecule has 186 valence electrons. The fourth-order valence-corrected chi connectivity index (χ4v) is 5.16. The largest absolute Gasteiger partial charge is 0.444 e. The Morgan fingerprint density at radius 3 is 2.29 bits per heavy atom. The molecular weight excluding hydrogens is 459 g/mol. The zero-order valence-corrected chi connectivity index (χ0v) is 19.8. The number of hydrogen-bond donors (Lipinski definition) is 1. The van der Waals surface area contributed by atoms with E-state index in [-0.39, 0.29) is 35.6 Å². The van der Waals surface area contributed by atoms with Gasteiger partial charge >= 0.3 is 12.3 Å². The standard InChI is InChI=1S/C25H28F3N5O2/c1-24(2,3)35-23(34)32-13-16-9-10-17(14-32)20(16)29-22-30-21-18(15-7-5-4-6-8-15)11-12-19(25(26,27)28)33(21)31-22/h4-8,11-12,16-17,20H,9-10,13-14H2,1-3H3,(H,29,31)/t16-,17+,20?. The number of ether oxygens (including phenoxy) is 1. The lowest BCUT2D eigenvalue weighted by atomic mass is 9.92. The molecule has 7 nitrogen and oxygen atoms in total. The zero-order valence-electron chi connectivity index (χ0n) is 19.8. The zero-order chi connectivity index (χ0) is 25.0. The minimum absolute atomic E-state index is 0.0272. The van der Waals surface area contributed by atoms with Crippen molar-refractivity contribution in [1.82, 2.24) is 19.5 Å².